The van der Waals surface area contributed by atoms with Crippen LogP contribution in [0.1, 0.15) is 6.42 Å². The summed E-state index contributed by atoms with van der Waals surface area (Å²) < 4.78 is 15.4. The maximum atomic E-state index is 12.4. The van der Waals surface area contributed by atoms with Crippen molar-refractivity contribution < 1.29 is 28.6 Å². The summed E-state index contributed by atoms with van der Waals surface area (Å²) >= 11 is 6.14. The molecule has 1 aromatic rings. The van der Waals surface area contributed by atoms with Crippen LogP contribution in [0.5, 0.6) is 11.5 Å². The summed E-state index contributed by atoms with van der Waals surface area (Å²) in [5.74, 6) is 0.886. The number of benzene rings is 1. The Balaban J connectivity index is 2.07. The molecular weight excluding hydrogens is 376 g/mol. The van der Waals surface area contributed by atoms with Crippen molar-refractivity contribution in [3.05, 3.63) is 17.2 Å². The Morgan fingerprint density at radius 3 is 2.67 bits per heavy atom. The van der Waals surface area contributed by atoms with E-state index in [-0.39, 0.29) is 25.4 Å². The summed E-state index contributed by atoms with van der Waals surface area (Å²) in [4.78, 5) is 37.4. The van der Waals surface area contributed by atoms with Gasteiger partial charge in [-0.1, -0.05) is 17.5 Å². The van der Waals surface area contributed by atoms with E-state index < -0.39 is 24.4 Å². The molecule has 0 unspecified atom stereocenters. The van der Waals surface area contributed by atoms with E-state index in [1.807, 2.05) is 0 Å². The lowest BCUT2D eigenvalue weighted by molar-refractivity contribution is -0.152. The highest BCUT2D eigenvalue weighted by atomic mass is 35.5. The Labute approximate surface area is 161 Å². The normalized spacial score (nSPS) is 15.9. The fourth-order valence-corrected chi connectivity index (χ4v) is 2.84. The minimum absolute atomic E-state index is 0.0440. The molecule has 1 N–H and O–H groups in total. The predicted octanol–water partition coefficient (Wildman–Crippen LogP) is 1.00. The van der Waals surface area contributed by atoms with Crippen molar-refractivity contribution in [3.8, 4) is 23.8 Å². The maximum absolute atomic E-state index is 12.4. The Morgan fingerprint density at radius 1 is 1.33 bits per heavy atom. The number of nitrogens with zero attached hydrogens (tertiary/aromatic N) is 1. The van der Waals surface area contributed by atoms with Crippen LogP contribution < -0.4 is 19.7 Å². The number of hydrogen-bond donors (Lipinski definition) is 1. The van der Waals surface area contributed by atoms with E-state index >= 15 is 0 Å². The second-order valence-electron chi connectivity index (χ2n) is 5.65. The summed E-state index contributed by atoms with van der Waals surface area (Å²) in [6, 6.07) is 3.10. The Morgan fingerprint density at radius 2 is 2.04 bits per heavy atom. The van der Waals surface area contributed by atoms with Crippen molar-refractivity contribution in [2.45, 2.75) is 6.42 Å². The van der Waals surface area contributed by atoms with Crippen LogP contribution in [0.2, 0.25) is 5.02 Å². The second-order valence-corrected chi connectivity index (χ2v) is 6.06. The number of methoxy groups -OCH3 is 2. The highest BCUT2D eigenvalue weighted by Gasteiger charge is 2.37. The van der Waals surface area contributed by atoms with Crippen LogP contribution in [0.15, 0.2) is 12.1 Å². The zero-order valence-corrected chi connectivity index (χ0v) is 15.7. The number of rotatable bonds is 7. The first kappa shape index (κ1) is 20.4. The van der Waals surface area contributed by atoms with Crippen molar-refractivity contribution in [1.82, 2.24) is 5.32 Å². The van der Waals surface area contributed by atoms with Gasteiger partial charge in [0, 0.05) is 19.0 Å². The van der Waals surface area contributed by atoms with Crippen LogP contribution in [0, 0.1) is 18.3 Å². The topological polar surface area (TPSA) is 94.2 Å². The quantitative estimate of drug-likeness (QED) is 0.547. The van der Waals surface area contributed by atoms with E-state index in [0.29, 0.717) is 22.2 Å². The standard InChI is InChI=1S/C18H19ClN2O6/c1-4-5-20-16(22)10-27-18(24)11-6-17(23)21(9-11)13-7-12(19)14(25-2)8-15(13)26-3/h1,7-8,11H,5-6,9-10H2,2-3H3,(H,20,22)/t11-/m1/s1. The molecule has 1 aliphatic heterocycles. The zero-order chi connectivity index (χ0) is 20.0. The lowest BCUT2D eigenvalue weighted by Crippen LogP contribution is -2.31. The molecule has 0 aliphatic carbocycles. The number of hydrogen-bond acceptors (Lipinski definition) is 6. The zero-order valence-electron chi connectivity index (χ0n) is 14.9. The molecule has 1 saturated heterocycles. The SMILES string of the molecule is C#CCNC(=O)COC(=O)[C@@H]1CC(=O)N(c2cc(Cl)c(OC)cc2OC)C1. The molecule has 2 rings (SSSR count). The monoisotopic (exact) mass is 394 g/mol. The smallest absolute Gasteiger partial charge is 0.311 e. The molecule has 8 nitrogen and oxygen atoms in total. The average molecular weight is 395 g/mol. The Kier molecular flexibility index (Phi) is 6.91. The second kappa shape index (κ2) is 9.14. The fourth-order valence-electron chi connectivity index (χ4n) is 2.61. The third-order valence-corrected chi connectivity index (χ3v) is 4.23. The van der Waals surface area contributed by atoms with Crippen LogP contribution in [0.4, 0.5) is 5.69 Å². The van der Waals surface area contributed by atoms with Crippen molar-refractivity contribution >= 4 is 35.1 Å². The molecule has 1 atom stereocenters. The maximum Gasteiger partial charge on any atom is 0.311 e. The molecule has 0 spiro atoms. The van der Waals surface area contributed by atoms with Gasteiger partial charge in [-0.25, -0.2) is 0 Å². The van der Waals surface area contributed by atoms with Gasteiger partial charge in [-0.15, -0.1) is 6.42 Å². The van der Waals surface area contributed by atoms with Gasteiger partial charge < -0.3 is 24.4 Å². The van der Waals surface area contributed by atoms with E-state index in [1.165, 1.54) is 25.2 Å². The van der Waals surface area contributed by atoms with Gasteiger partial charge in [0.2, 0.25) is 5.91 Å². The van der Waals surface area contributed by atoms with Gasteiger partial charge in [0.1, 0.15) is 11.5 Å². The van der Waals surface area contributed by atoms with Crippen LogP contribution >= 0.6 is 11.6 Å². The lowest BCUT2D eigenvalue weighted by Gasteiger charge is -2.20. The molecular formula is C18H19ClN2O6. The summed E-state index contributed by atoms with van der Waals surface area (Å²) in [6.07, 6.45) is 4.98. The first-order valence-corrected chi connectivity index (χ1v) is 8.37. The van der Waals surface area contributed by atoms with Gasteiger partial charge in [-0.3, -0.25) is 14.4 Å². The average Bonchev–Trinajstić information content (AvgIpc) is 3.05. The number of anilines is 1. The largest absolute Gasteiger partial charge is 0.495 e. The molecule has 0 bridgehead atoms. The molecule has 9 heteroatoms. The number of ether oxygens (including phenoxy) is 3. The van der Waals surface area contributed by atoms with Crippen molar-refractivity contribution in [3.63, 3.8) is 0 Å². The van der Waals surface area contributed by atoms with Gasteiger partial charge in [0.05, 0.1) is 37.4 Å². The molecule has 0 saturated carbocycles. The van der Waals surface area contributed by atoms with E-state index in [1.54, 1.807) is 6.07 Å². The predicted molar refractivity (Wildman–Crippen MR) is 97.8 cm³/mol. The van der Waals surface area contributed by atoms with Gasteiger partial charge in [-0.05, 0) is 6.07 Å². The van der Waals surface area contributed by atoms with Gasteiger partial charge in [0.25, 0.3) is 5.91 Å². The summed E-state index contributed by atoms with van der Waals surface area (Å²) in [5.41, 5.74) is 0.426. The number of carbonyl (C=O) groups excluding carboxylic acids is 3. The Hall–Kier alpha value is -2.92. The number of nitrogens with one attached hydrogen (secondary N) is 1. The van der Waals surface area contributed by atoms with Gasteiger partial charge >= 0.3 is 5.97 Å². The first-order chi connectivity index (χ1) is 12.9. The van der Waals surface area contributed by atoms with E-state index in [2.05, 4.69) is 11.2 Å². The third kappa shape index (κ3) is 4.83. The molecule has 144 valence electrons. The number of amides is 2. The minimum Gasteiger partial charge on any atom is -0.495 e. The van der Waals surface area contributed by atoms with Crippen molar-refractivity contribution in [2.24, 2.45) is 5.92 Å². The van der Waals surface area contributed by atoms with E-state index in [0.717, 1.165) is 0 Å². The molecule has 1 fully saturated rings. The molecule has 0 radical (unpaired) electrons. The minimum atomic E-state index is -0.705. The molecule has 0 aromatic heterocycles. The highest BCUT2D eigenvalue weighted by molar-refractivity contribution is 6.32. The molecule has 1 heterocycles. The van der Waals surface area contributed by atoms with Crippen molar-refractivity contribution in [1.29, 1.82) is 0 Å². The molecule has 27 heavy (non-hydrogen) atoms. The lowest BCUT2D eigenvalue weighted by atomic mass is 10.1. The summed E-state index contributed by atoms with van der Waals surface area (Å²) in [7, 11) is 2.92. The van der Waals surface area contributed by atoms with Crippen LogP contribution in [-0.2, 0) is 19.1 Å². The van der Waals surface area contributed by atoms with E-state index in [4.69, 9.17) is 32.2 Å². The van der Waals surface area contributed by atoms with Gasteiger partial charge in [0.15, 0.2) is 6.61 Å². The number of esters is 1. The molecule has 2 amide bonds. The molecule has 1 aromatic carbocycles. The van der Waals surface area contributed by atoms with Crippen molar-refractivity contribution in [2.75, 3.05) is 38.8 Å². The van der Waals surface area contributed by atoms with Crippen LogP contribution in [0.25, 0.3) is 0 Å². The summed E-state index contributed by atoms with van der Waals surface area (Å²) in [5, 5.41) is 2.68. The van der Waals surface area contributed by atoms with Gasteiger partial charge in [-0.2, -0.15) is 0 Å². The highest BCUT2D eigenvalue weighted by Crippen LogP contribution is 2.40. The number of halogens is 1. The fraction of sp³-hybridized carbons (Fsp3) is 0.389. The third-order valence-electron chi connectivity index (χ3n) is 3.94. The first-order valence-electron chi connectivity index (χ1n) is 8.00. The van der Waals surface area contributed by atoms with Crippen LogP contribution in [0.3, 0.4) is 0 Å². The van der Waals surface area contributed by atoms with E-state index in [9.17, 15) is 14.4 Å². The van der Waals surface area contributed by atoms with Crippen LogP contribution in [-0.4, -0.2) is 51.7 Å². The summed E-state index contributed by atoms with van der Waals surface area (Å²) in [6.45, 7) is -0.324. The number of carbonyl (C=O) groups is 3. The number of terminal acetylenes is 1. The molecule has 1 aliphatic rings. The Bertz CT molecular complexity index is 789.